The van der Waals surface area contributed by atoms with Crippen molar-refractivity contribution in [2.24, 2.45) is 5.92 Å². The lowest BCUT2D eigenvalue weighted by atomic mass is 9.67. The van der Waals surface area contributed by atoms with Gasteiger partial charge in [0, 0.05) is 15.6 Å². The maximum Gasteiger partial charge on any atom is 0.314 e. The predicted octanol–water partition coefficient (Wildman–Crippen LogP) is 4.53. The molecule has 1 fully saturated rings. The van der Waals surface area contributed by atoms with E-state index in [2.05, 4.69) is 6.92 Å². The first-order valence-corrected chi connectivity index (χ1v) is 6.91. The van der Waals surface area contributed by atoms with Crippen LogP contribution in [-0.4, -0.2) is 11.1 Å². The summed E-state index contributed by atoms with van der Waals surface area (Å²) in [6.07, 6.45) is 3.00. The zero-order valence-electron chi connectivity index (χ0n) is 10.2. The average molecular weight is 287 g/mol. The number of hydrogen-bond acceptors (Lipinski definition) is 1. The SMILES string of the molecule is CC1CCC(C(=O)O)(c2c(Cl)cccc2Cl)CC1. The fourth-order valence-electron chi connectivity index (χ4n) is 2.78. The van der Waals surface area contributed by atoms with Gasteiger partial charge < -0.3 is 5.11 Å². The molecule has 98 valence electrons. The Balaban J connectivity index is 2.52. The predicted molar refractivity (Wildman–Crippen MR) is 73.4 cm³/mol. The molecule has 1 saturated carbocycles. The Morgan fingerprint density at radius 3 is 2.22 bits per heavy atom. The lowest BCUT2D eigenvalue weighted by Crippen LogP contribution is -2.39. The first-order chi connectivity index (χ1) is 8.47. The van der Waals surface area contributed by atoms with E-state index in [4.69, 9.17) is 23.2 Å². The standard InChI is InChI=1S/C14H16Cl2O2/c1-9-5-7-14(8-6-9,13(17)18)12-10(15)3-2-4-11(12)16/h2-4,9H,5-8H2,1H3,(H,17,18). The first-order valence-electron chi connectivity index (χ1n) is 6.15. The van der Waals surface area contributed by atoms with Gasteiger partial charge >= 0.3 is 5.97 Å². The summed E-state index contributed by atoms with van der Waals surface area (Å²) in [5.41, 5.74) is -0.324. The maximum absolute atomic E-state index is 11.8. The first kappa shape index (κ1) is 13.7. The molecule has 1 N–H and O–H groups in total. The van der Waals surface area contributed by atoms with Gasteiger partial charge in [-0.3, -0.25) is 4.79 Å². The van der Waals surface area contributed by atoms with Gasteiger partial charge in [0.05, 0.1) is 5.41 Å². The van der Waals surface area contributed by atoms with E-state index < -0.39 is 11.4 Å². The van der Waals surface area contributed by atoms with E-state index >= 15 is 0 Å². The maximum atomic E-state index is 11.8. The highest BCUT2D eigenvalue weighted by Crippen LogP contribution is 2.46. The van der Waals surface area contributed by atoms with Crippen LogP contribution in [0, 0.1) is 5.92 Å². The molecule has 2 nitrogen and oxygen atoms in total. The highest BCUT2D eigenvalue weighted by atomic mass is 35.5. The van der Waals surface area contributed by atoms with Crippen LogP contribution in [0.4, 0.5) is 0 Å². The molecule has 0 spiro atoms. The summed E-state index contributed by atoms with van der Waals surface area (Å²) in [4.78, 5) is 11.8. The van der Waals surface area contributed by atoms with Crippen molar-refractivity contribution < 1.29 is 9.90 Å². The Bertz CT molecular complexity index is 443. The molecule has 0 saturated heterocycles. The van der Waals surface area contributed by atoms with Gasteiger partial charge in [0.1, 0.15) is 0 Å². The Morgan fingerprint density at radius 2 is 1.78 bits per heavy atom. The Morgan fingerprint density at radius 1 is 1.28 bits per heavy atom. The van der Waals surface area contributed by atoms with Gasteiger partial charge in [0.25, 0.3) is 0 Å². The van der Waals surface area contributed by atoms with Crippen LogP contribution >= 0.6 is 23.2 Å². The molecule has 1 aromatic rings. The third-order valence-electron chi connectivity index (χ3n) is 3.98. The van der Waals surface area contributed by atoms with Crippen LogP contribution in [0.2, 0.25) is 10.0 Å². The Hall–Kier alpha value is -0.730. The summed E-state index contributed by atoms with van der Waals surface area (Å²) in [5.74, 6) is -0.247. The molecule has 0 radical (unpaired) electrons. The lowest BCUT2D eigenvalue weighted by Gasteiger charge is -2.37. The second-order valence-electron chi connectivity index (χ2n) is 5.17. The Kier molecular flexibility index (Phi) is 3.88. The summed E-state index contributed by atoms with van der Waals surface area (Å²) in [7, 11) is 0. The monoisotopic (exact) mass is 286 g/mol. The molecular weight excluding hydrogens is 271 g/mol. The summed E-state index contributed by atoms with van der Waals surface area (Å²) >= 11 is 12.4. The fraction of sp³-hybridized carbons (Fsp3) is 0.500. The number of benzene rings is 1. The molecular formula is C14H16Cl2O2. The largest absolute Gasteiger partial charge is 0.481 e. The summed E-state index contributed by atoms with van der Waals surface area (Å²) in [6.45, 7) is 2.15. The van der Waals surface area contributed by atoms with Gasteiger partial charge in [-0.2, -0.15) is 0 Å². The van der Waals surface area contributed by atoms with E-state index in [0.717, 1.165) is 12.8 Å². The van der Waals surface area contributed by atoms with Crippen molar-refractivity contribution in [1.82, 2.24) is 0 Å². The molecule has 1 aliphatic carbocycles. The van der Waals surface area contributed by atoms with Crippen molar-refractivity contribution in [2.45, 2.75) is 38.0 Å². The summed E-state index contributed by atoms with van der Waals surface area (Å²) in [5, 5.41) is 10.6. The zero-order valence-corrected chi connectivity index (χ0v) is 11.8. The summed E-state index contributed by atoms with van der Waals surface area (Å²) < 4.78 is 0. The highest BCUT2D eigenvalue weighted by Gasteiger charge is 2.45. The molecule has 0 aromatic heterocycles. The molecule has 2 rings (SSSR count). The summed E-state index contributed by atoms with van der Waals surface area (Å²) in [6, 6.07) is 5.17. The van der Waals surface area contributed by atoms with Crippen molar-refractivity contribution in [3.05, 3.63) is 33.8 Å². The van der Waals surface area contributed by atoms with E-state index in [9.17, 15) is 9.90 Å². The molecule has 0 bridgehead atoms. The molecule has 1 aromatic carbocycles. The van der Waals surface area contributed by atoms with Crippen molar-refractivity contribution in [3.8, 4) is 0 Å². The molecule has 0 heterocycles. The topological polar surface area (TPSA) is 37.3 Å². The van der Waals surface area contributed by atoms with Gasteiger partial charge in [-0.15, -0.1) is 0 Å². The smallest absolute Gasteiger partial charge is 0.314 e. The number of hydrogen-bond donors (Lipinski definition) is 1. The van der Waals surface area contributed by atoms with Crippen LogP contribution in [0.1, 0.15) is 38.2 Å². The zero-order chi connectivity index (χ0) is 13.3. The third kappa shape index (κ3) is 2.24. The third-order valence-corrected chi connectivity index (χ3v) is 4.61. The van der Waals surface area contributed by atoms with Crippen molar-refractivity contribution >= 4 is 29.2 Å². The van der Waals surface area contributed by atoms with Crippen LogP contribution in [0.3, 0.4) is 0 Å². The van der Waals surface area contributed by atoms with Crippen LogP contribution in [0.15, 0.2) is 18.2 Å². The molecule has 4 heteroatoms. The van der Waals surface area contributed by atoms with Crippen molar-refractivity contribution in [1.29, 1.82) is 0 Å². The minimum atomic E-state index is -0.915. The van der Waals surface area contributed by atoms with Gasteiger partial charge in [0.15, 0.2) is 0 Å². The number of carboxylic acids is 1. The van der Waals surface area contributed by atoms with Crippen LogP contribution < -0.4 is 0 Å². The molecule has 0 amide bonds. The van der Waals surface area contributed by atoms with Gasteiger partial charge in [-0.1, -0.05) is 36.2 Å². The number of carbonyl (C=O) groups is 1. The van der Waals surface area contributed by atoms with E-state index in [-0.39, 0.29) is 0 Å². The van der Waals surface area contributed by atoms with E-state index in [1.807, 2.05) is 0 Å². The number of halogens is 2. The van der Waals surface area contributed by atoms with Crippen molar-refractivity contribution in [2.75, 3.05) is 0 Å². The fourth-order valence-corrected chi connectivity index (χ4v) is 3.54. The van der Waals surface area contributed by atoms with Crippen LogP contribution in [0.25, 0.3) is 0 Å². The molecule has 1 aliphatic rings. The van der Waals surface area contributed by atoms with Crippen LogP contribution in [-0.2, 0) is 10.2 Å². The van der Waals surface area contributed by atoms with Crippen LogP contribution in [0.5, 0.6) is 0 Å². The highest BCUT2D eigenvalue weighted by molar-refractivity contribution is 6.36. The molecule has 0 atom stereocenters. The average Bonchev–Trinajstić information content (AvgIpc) is 2.31. The van der Waals surface area contributed by atoms with Gasteiger partial charge in [-0.05, 0) is 43.7 Å². The van der Waals surface area contributed by atoms with E-state index in [1.165, 1.54) is 0 Å². The van der Waals surface area contributed by atoms with Gasteiger partial charge in [0.2, 0.25) is 0 Å². The van der Waals surface area contributed by atoms with E-state index in [0.29, 0.717) is 34.4 Å². The quantitative estimate of drug-likeness (QED) is 0.868. The second-order valence-corrected chi connectivity index (χ2v) is 5.98. The minimum Gasteiger partial charge on any atom is -0.481 e. The van der Waals surface area contributed by atoms with E-state index in [1.54, 1.807) is 18.2 Å². The molecule has 18 heavy (non-hydrogen) atoms. The number of aliphatic carboxylic acids is 1. The number of carboxylic acid groups (broad SMARTS) is 1. The second kappa shape index (κ2) is 5.10. The lowest BCUT2D eigenvalue weighted by molar-refractivity contribution is -0.145. The molecule has 0 aliphatic heterocycles. The Labute approximate surface area is 117 Å². The normalized spacial score (nSPS) is 28.1. The molecule has 0 unspecified atom stereocenters. The van der Waals surface area contributed by atoms with Crippen molar-refractivity contribution in [3.63, 3.8) is 0 Å². The number of rotatable bonds is 2. The minimum absolute atomic E-state index is 0.458. The van der Waals surface area contributed by atoms with Gasteiger partial charge in [-0.25, -0.2) is 0 Å².